The van der Waals surface area contributed by atoms with E-state index in [-0.39, 0.29) is 5.41 Å². The average Bonchev–Trinajstić information content (AvgIpc) is 3.08. The van der Waals surface area contributed by atoms with Gasteiger partial charge in [0.25, 0.3) is 0 Å². The summed E-state index contributed by atoms with van der Waals surface area (Å²) in [6.45, 7) is 4.65. The van der Waals surface area contributed by atoms with E-state index in [1.165, 1.54) is 22.5 Å². The quantitative estimate of drug-likeness (QED) is 0.213. The van der Waals surface area contributed by atoms with Crippen molar-refractivity contribution < 1.29 is 4.74 Å². The molecule has 3 heteroatoms. The van der Waals surface area contributed by atoms with Gasteiger partial charge in [0, 0.05) is 22.2 Å². The summed E-state index contributed by atoms with van der Waals surface area (Å²) in [5, 5.41) is 10.2. The summed E-state index contributed by atoms with van der Waals surface area (Å²) in [6, 6.07) is 53.5. The Labute approximate surface area is 258 Å². The lowest BCUT2D eigenvalue weighted by molar-refractivity contribution is 0.433. The number of benzene rings is 6. The van der Waals surface area contributed by atoms with Crippen LogP contribution in [0.25, 0.3) is 0 Å². The first-order valence-corrected chi connectivity index (χ1v) is 15.0. The van der Waals surface area contributed by atoms with E-state index in [1.807, 2.05) is 24.3 Å². The lowest BCUT2D eigenvalue weighted by Gasteiger charge is -2.45. The normalized spacial score (nSPS) is 17.2. The molecule has 0 fully saturated rings. The molecule has 0 bridgehead atoms. The van der Waals surface area contributed by atoms with Crippen LogP contribution in [0, 0.1) is 11.3 Å². The monoisotopic (exact) mass is 566 g/mol. The maximum atomic E-state index is 10.2. The van der Waals surface area contributed by atoms with Crippen LogP contribution in [0.15, 0.2) is 146 Å². The Balaban J connectivity index is 1.48. The van der Waals surface area contributed by atoms with Crippen LogP contribution in [-0.4, -0.2) is 0 Å². The van der Waals surface area contributed by atoms with E-state index >= 15 is 0 Å². The van der Waals surface area contributed by atoms with Crippen LogP contribution < -0.4 is 9.64 Å². The highest BCUT2D eigenvalue weighted by Gasteiger charge is 2.47. The van der Waals surface area contributed by atoms with Crippen molar-refractivity contribution in [2.75, 3.05) is 4.90 Å². The molecule has 6 aromatic rings. The van der Waals surface area contributed by atoms with Crippen molar-refractivity contribution in [1.29, 1.82) is 5.26 Å². The molecule has 2 heterocycles. The van der Waals surface area contributed by atoms with E-state index in [1.54, 1.807) is 0 Å². The van der Waals surface area contributed by atoms with Gasteiger partial charge in [0.1, 0.15) is 17.6 Å². The first-order valence-electron chi connectivity index (χ1n) is 15.0. The highest BCUT2D eigenvalue weighted by molar-refractivity contribution is 5.86. The number of hydrogen-bond acceptors (Lipinski definition) is 3. The third kappa shape index (κ3) is 3.55. The molecule has 3 nitrogen and oxygen atoms in total. The summed E-state index contributed by atoms with van der Waals surface area (Å²) in [5.41, 5.74) is 9.85. The summed E-state index contributed by atoms with van der Waals surface area (Å²) in [6.07, 6.45) is 0. The number of rotatable bonds is 3. The van der Waals surface area contributed by atoms with E-state index in [0.29, 0.717) is 11.3 Å². The standard InChI is InChI=1S/C41H30N2O/c1-40(2)32-19-9-11-22-36(32)43(31-17-7-4-8-18-31)37-25-24-30(26-35(37)40)41(29-15-5-3-6-16-29)33-20-10-12-23-38(33)44-39-28(27-42)14-13-21-34(39)41/h3-26H,1-2H3. The highest BCUT2D eigenvalue weighted by atomic mass is 16.5. The molecular formula is C41H30N2O. The van der Waals surface area contributed by atoms with Gasteiger partial charge in [-0.3, -0.25) is 0 Å². The second kappa shape index (κ2) is 9.73. The topological polar surface area (TPSA) is 36.3 Å². The van der Waals surface area contributed by atoms with Gasteiger partial charge in [-0.15, -0.1) is 0 Å². The van der Waals surface area contributed by atoms with Gasteiger partial charge in [-0.1, -0.05) is 123 Å². The highest BCUT2D eigenvalue weighted by Crippen LogP contribution is 2.58. The molecule has 2 aliphatic heterocycles. The molecule has 0 aliphatic carbocycles. The Morgan fingerprint density at radius 1 is 0.568 bits per heavy atom. The van der Waals surface area contributed by atoms with Crippen LogP contribution in [0.4, 0.5) is 17.1 Å². The zero-order valence-corrected chi connectivity index (χ0v) is 24.7. The van der Waals surface area contributed by atoms with Gasteiger partial charge in [-0.05, 0) is 58.7 Å². The fourth-order valence-electron chi connectivity index (χ4n) is 7.42. The minimum atomic E-state index is -0.710. The second-order valence-corrected chi connectivity index (χ2v) is 12.1. The maximum Gasteiger partial charge on any atom is 0.149 e. The van der Waals surface area contributed by atoms with Gasteiger partial charge >= 0.3 is 0 Å². The van der Waals surface area contributed by atoms with Crippen molar-refractivity contribution in [3.05, 3.63) is 185 Å². The third-order valence-electron chi connectivity index (χ3n) is 9.43. The Morgan fingerprint density at radius 3 is 1.98 bits per heavy atom. The molecule has 210 valence electrons. The molecule has 0 N–H and O–H groups in total. The van der Waals surface area contributed by atoms with Crippen molar-refractivity contribution in [2.45, 2.75) is 24.7 Å². The van der Waals surface area contributed by atoms with Crippen molar-refractivity contribution in [2.24, 2.45) is 0 Å². The van der Waals surface area contributed by atoms with Crippen molar-refractivity contribution in [3.8, 4) is 17.6 Å². The van der Waals surface area contributed by atoms with E-state index < -0.39 is 5.41 Å². The largest absolute Gasteiger partial charge is 0.455 e. The molecule has 0 radical (unpaired) electrons. The van der Waals surface area contributed by atoms with E-state index in [9.17, 15) is 5.26 Å². The summed E-state index contributed by atoms with van der Waals surface area (Å²) in [5.74, 6) is 1.38. The molecule has 0 saturated carbocycles. The Bertz CT molecular complexity index is 2090. The van der Waals surface area contributed by atoms with Crippen LogP contribution in [0.3, 0.4) is 0 Å². The predicted octanol–water partition coefficient (Wildman–Crippen LogP) is 10.2. The first-order chi connectivity index (χ1) is 21.5. The minimum absolute atomic E-state index is 0.271. The number of hydrogen-bond donors (Lipinski definition) is 0. The zero-order chi connectivity index (χ0) is 29.9. The molecule has 0 saturated heterocycles. The van der Waals surface area contributed by atoms with E-state index in [4.69, 9.17) is 4.74 Å². The van der Waals surface area contributed by atoms with Crippen molar-refractivity contribution >= 4 is 17.1 Å². The summed E-state index contributed by atoms with van der Waals surface area (Å²) in [7, 11) is 0. The number of nitriles is 1. The number of nitrogens with zero attached hydrogens (tertiary/aromatic N) is 2. The van der Waals surface area contributed by atoms with Crippen LogP contribution >= 0.6 is 0 Å². The molecule has 2 aliphatic rings. The average molecular weight is 567 g/mol. The predicted molar refractivity (Wildman–Crippen MR) is 176 cm³/mol. The molecule has 0 spiro atoms. The number of para-hydroxylation sites is 4. The van der Waals surface area contributed by atoms with Gasteiger partial charge in [-0.25, -0.2) is 0 Å². The molecule has 44 heavy (non-hydrogen) atoms. The third-order valence-corrected chi connectivity index (χ3v) is 9.43. The fourth-order valence-corrected chi connectivity index (χ4v) is 7.42. The molecule has 1 unspecified atom stereocenters. The molecular weight excluding hydrogens is 536 g/mol. The molecule has 0 aromatic heterocycles. The van der Waals surface area contributed by atoms with Gasteiger partial charge in [0.15, 0.2) is 0 Å². The summed E-state index contributed by atoms with van der Waals surface area (Å²) in [4.78, 5) is 2.38. The number of ether oxygens (including phenoxy) is 1. The number of anilines is 3. The lowest BCUT2D eigenvalue weighted by atomic mass is 9.62. The van der Waals surface area contributed by atoms with E-state index in [2.05, 4.69) is 146 Å². The van der Waals surface area contributed by atoms with Gasteiger partial charge in [0.2, 0.25) is 0 Å². The summed E-state index contributed by atoms with van der Waals surface area (Å²) < 4.78 is 6.54. The van der Waals surface area contributed by atoms with E-state index in [0.717, 1.165) is 33.7 Å². The van der Waals surface area contributed by atoms with Gasteiger partial charge < -0.3 is 9.64 Å². The van der Waals surface area contributed by atoms with Crippen LogP contribution in [0.2, 0.25) is 0 Å². The molecule has 6 aromatic carbocycles. The molecule has 1 atom stereocenters. The lowest BCUT2D eigenvalue weighted by Crippen LogP contribution is -2.36. The maximum absolute atomic E-state index is 10.2. The van der Waals surface area contributed by atoms with Crippen molar-refractivity contribution in [1.82, 2.24) is 0 Å². The molecule has 0 amide bonds. The fraction of sp³-hybridized carbons (Fsp3) is 0.0976. The van der Waals surface area contributed by atoms with Crippen LogP contribution in [0.5, 0.6) is 11.5 Å². The number of fused-ring (bicyclic) bond motifs is 4. The van der Waals surface area contributed by atoms with Crippen LogP contribution in [-0.2, 0) is 10.8 Å². The first kappa shape index (κ1) is 26.1. The van der Waals surface area contributed by atoms with Crippen LogP contribution in [0.1, 0.15) is 52.8 Å². The Hall–Kier alpha value is -5.59. The second-order valence-electron chi connectivity index (χ2n) is 12.1. The summed E-state index contributed by atoms with van der Waals surface area (Å²) >= 11 is 0. The Kier molecular flexibility index (Phi) is 5.76. The van der Waals surface area contributed by atoms with Gasteiger partial charge in [0.05, 0.1) is 22.4 Å². The zero-order valence-electron chi connectivity index (χ0n) is 24.7. The minimum Gasteiger partial charge on any atom is -0.455 e. The Morgan fingerprint density at radius 2 is 1.20 bits per heavy atom. The molecule has 8 rings (SSSR count). The SMILES string of the molecule is CC1(C)c2ccccc2N(c2ccccc2)c2ccc(C3(c4ccccc4)c4ccccc4Oc4c(C#N)cccc43)cc21. The van der Waals surface area contributed by atoms with Crippen molar-refractivity contribution in [3.63, 3.8) is 0 Å². The smallest absolute Gasteiger partial charge is 0.149 e. The van der Waals surface area contributed by atoms with Gasteiger partial charge in [-0.2, -0.15) is 5.26 Å².